The lowest BCUT2D eigenvalue weighted by Gasteiger charge is -2.56. The van der Waals surface area contributed by atoms with Crippen molar-refractivity contribution in [2.24, 2.45) is 16.2 Å². The van der Waals surface area contributed by atoms with E-state index >= 15 is 0 Å². The van der Waals surface area contributed by atoms with Crippen LogP contribution in [0.25, 0.3) is 0 Å². The summed E-state index contributed by atoms with van der Waals surface area (Å²) in [6, 6.07) is -0.457. The lowest BCUT2D eigenvalue weighted by molar-refractivity contribution is -0.456. The number of hydrogen-bond acceptors (Lipinski definition) is 6. The largest absolute Gasteiger partial charge is 0.385 e. The average molecular weight is 331 g/mol. The van der Waals surface area contributed by atoms with E-state index in [9.17, 15) is 25.5 Å². The molecule has 0 aromatic carbocycles. The van der Waals surface area contributed by atoms with Gasteiger partial charge >= 0.3 is 0 Å². The fraction of sp³-hybridized carbons (Fsp3) is 1.00. The molecular formula is C17H33NO5. The highest BCUT2D eigenvalue weighted by Gasteiger charge is 2.87. The first-order valence-electron chi connectivity index (χ1n) is 8.68. The van der Waals surface area contributed by atoms with Crippen LogP contribution in [0.1, 0.15) is 67.2 Å². The first kappa shape index (κ1) is 19.1. The Balaban J connectivity index is 2.55. The lowest BCUT2D eigenvalue weighted by Crippen LogP contribution is -2.75. The van der Waals surface area contributed by atoms with Crippen LogP contribution in [0.3, 0.4) is 0 Å². The first-order chi connectivity index (χ1) is 10.3. The zero-order valence-corrected chi connectivity index (χ0v) is 15.2. The van der Waals surface area contributed by atoms with Crippen LogP contribution in [-0.4, -0.2) is 54.4 Å². The van der Waals surface area contributed by atoms with Crippen molar-refractivity contribution in [3.05, 3.63) is 0 Å². The average Bonchev–Trinajstić information content (AvgIpc) is 2.82. The predicted molar refractivity (Wildman–Crippen MR) is 85.8 cm³/mol. The maximum Gasteiger partial charge on any atom is 0.257 e. The highest BCUT2D eigenvalue weighted by Crippen LogP contribution is 2.84. The summed E-state index contributed by atoms with van der Waals surface area (Å²) >= 11 is 0. The van der Waals surface area contributed by atoms with Gasteiger partial charge in [0.1, 0.15) is 6.10 Å². The van der Waals surface area contributed by atoms with Gasteiger partial charge in [-0.3, -0.25) is 0 Å². The Kier molecular flexibility index (Phi) is 4.26. The van der Waals surface area contributed by atoms with Gasteiger partial charge in [-0.1, -0.05) is 41.5 Å². The molecule has 0 bridgehead atoms. The Morgan fingerprint density at radius 1 is 1.00 bits per heavy atom. The summed E-state index contributed by atoms with van der Waals surface area (Å²) in [6.07, 6.45) is 0.127. The van der Waals surface area contributed by atoms with E-state index in [0.29, 0.717) is 19.3 Å². The molecule has 2 fully saturated rings. The van der Waals surface area contributed by atoms with E-state index in [0.717, 1.165) is 4.90 Å². The van der Waals surface area contributed by atoms with Crippen molar-refractivity contribution in [3.63, 3.8) is 0 Å². The van der Waals surface area contributed by atoms with Gasteiger partial charge in [-0.05, 0) is 30.1 Å². The number of aliphatic hydroxyl groups is 5. The minimum absolute atomic E-state index is 0.113. The summed E-state index contributed by atoms with van der Waals surface area (Å²) in [5.41, 5.74) is -1.82. The van der Waals surface area contributed by atoms with Crippen LogP contribution in [-0.2, 0) is 0 Å². The number of nitrogens with zero attached hydrogens (tertiary/aromatic N) is 1. The van der Waals surface area contributed by atoms with Gasteiger partial charge in [0.2, 0.25) is 5.91 Å². The van der Waals surface area contributed by atoms with Crippen LogP contribution in [0.15, 0.2) is 0 Å². The molecule has 0 aromatic heterocycles. The van der Waals surface area contributed by atoms with Gasteiger partial charge in [-0.25, -0.2) is 0 Å². The van der Waals surface area contributed by atoms with Gasteiger partial charge < -0.3 is 25.5 Å². The molecule has 23 heavy (non-hydrogen) atoms. The van der Waals surface area contributed by atoms with E-state index in [1.807, 2.05) is 41.5 Å². The third kappa shape index (κ3) is 1.96. The van der Waals surface area contributed by atoms with Gasteiger partial charge in [0, 0.05) is 17.9 Å². The maximum atomic E-state index is 10.9. The molecule has 0 aromatic rings. The highest BCUT2D eigenvalue weighted by atomic mass is 16.6. The molecule has 1 aliphatic heterocycles. The minimum Gasteiger partial charge on any atom is -0.385 e. The normalized spacial score (nSPS) is 41.5. The molecule has 1 saturated carbocycles. The molecule has 3 atom stereocenters. The molecule has 0 amide bonds. The van der Waals surface area contributed by atoms with Crippen LogP contribution in [0.5, 0.6) is 0 Å². The molecule has 136 valence electrons. The Hall–Kier alpha value is -0.240. The quantitative estimate of drug-likeness (QED) is 0.492. The minimum atomic E-state index is -2.69. The Morgan fingerprint density at radius 2 is 1.48 bits per heavy atom. The SMILES string of the molecule is CCC(CC)N1C(O)(O)CC2(C(O)C1(O)O)C(C)(C)C2(C)CC. The summed E-state index contributed by atoms with van der Waals surface area (Å²) in [4.78, 5) is 0.875. The summed E-state index contributed by atoms with van der Waals surface area (Å²) in [5.74, 6) is -5.08. The fourth-order valence-electron chi connectivity index (χ4n) is 5.65. The van der Waals surface area contributed by atoms with Crippen LogP contribution in [0, 0.1) is 16.2 Å². The second-order valence-corrected chi connectivity index (χ2v) is 8.16. The molecule has 2 rings (SSSR count). The molecule has 0 radical (unpaired) electrons. The first-order valence-corrected chi connectivity index (χ1v) is 8.68. The van der Waals surface area contributed by atoms with Gasteiger partial charge in [-0.2, -0.15) is 4.90 Å². The second-order valence-electron chi connectivity index (χ2n) is 8.16. The Labute approximate surface area is 138 Å². The van der Waals surface area contributed by atoms with E-state index in [1.165, 1.54) is 0 Å². The molecule has 1 spiro atoms. The van der Waals surface area contributed by atoms with Crippen molar-refractivity contribution in [2.45, 2.75) is 91.2 Å². The molecule has 1 aliphatic carbocycles. The van der Waals surface area contributed by atoms with Crippen molar-refractivity contribution < 1.29 is 25.5 Å². The second kappa shape index (κ2) is 5.13. The third-order valence-corrected chi connectivity index (χ3v) is 7.52. The molecule has 6 heteroatoms. The monoisotopic (exact) mass is 331 g/mol. The predicted octanol–water partition coefficient (Wildman–Crippen LogP) is 0.961. The van der Waals surface area contributed by atoms with E-state index < -0.39 is 40.2 Å². The van der Waals surface area contributed by atoms with Crippen molar-refractivity contribution in [1.82, 2.24) is 4.90 Å². The molecule has 1 heterocycles. The summed E-state index contributed by atoms with van der Waals surface area (Å²) in [7, 11) is 0. The van der Waals surface area contributed by atoms with Crippen molar-refractivity contribution in [3.8, 4) is 0 Å². The standard InChI is InChI=1S/C17H33NO5/c1-7-11(8-2)18-16(20,21)10-15(12(19)17(18,22)23)13(4,5)14(15,6)9-3/h11-12,19-23H,7-10H2,1-6H3. The van der Waals surface area contributed by atoms with Crippen molar-refractivity contribution >= 4 is 0 Å². The number of likely N-dealkylation sites (tertiary alicyclic amines) is 1. The van der Waals surface area contributed by atoms with Gasteiger partial charge in [0.15, 0.2) is 0 Å². The van der Waals surface area contributed by atoms with Crippen LogP contribution in [0.2, 0.25) is 0 Å². The third-order valence-electron chi connectivity index (χ3n) is 7.52. The zero-order chi connectivity index (χ0) is 18.1. The van der Waals surface area contributed by atoms with Crippen LogP contribution < -0.4 is 0 Å². The van der Waals surface area contributed by atoms with Gasteiger partial charge in [0.25, 0.3) is 5.91 Å². The Morgan fingerprint density at radius 3 is 1.83 bits per heavy atom. The van der Waals surface area contributed by atoms with E-state index in [2.05, 4.69) is 0 Å². The van der Waals surface area contributed by atoms with Gasteiger partial charge in [-0.15, -0.1) is 0 Å². The van der Waals surface area contributed by atoms with Crippen LogP contribution >= 0.6 is 0 Å². The van der Waals surface area contributed by atoms with E-state index in [-0.39, 0.29) is 6.42 Å². The smallest absolute Gasteiger partial charge is 0.257 e. The zero-order valence-electron chi connectivity index (χ0n) is 15.2. The number of hydrogen-bond donors (Lipinski definition) is 5. The lowest BCUT2D eigenvalue weighted by atomic mass is 9.75. The van der Waals surface area contributed by atoms with Crippen molar-refractivity contribution in [1.29, 1.82) is 0 Å². The van der Waals surface area contributed by atoms with Crippen LogP contribution in [0.4, 0.5) is 0 Å². The highest BCUT2D eigenvalue weighted by molar-refractivity contribution is 5.31. The molecule has 1 saturated heterocycles. The van der Waals surface area contributed by atoms with Crippen molar-refractivity contribution in [2.75, 3.05) is 0 Å². The molecule has 6 nitrogen and oxygen atoms in total. The topological polar surface area (TPSA) is 104 Å². The summed E-state index contributed by atoms with van der Waals surface area (Å²) in [5, 5.41) is 53.8. The van der Waals surface area contributed by atoms with E-state index in [1.54, 1.807) is 0 Å². The molecule has 2 aliphatic rings. The Bertz CT molecular complexity index is 474. The van der Waals surface area contributed by atoms with Gasteiger partial charge in [0.05, 0.1) is 0 Å². The molecule has 3 unspecified atom stereocenters. The summed E-state index contributed by atoms with van der Waals surface area (Å²) in [6.45, 7) is 11.5. The number of rotatable bonds is 4. The fourth-order valence-corrected chi connectivity index (χ4v) is 5.65. The van der Waals surface area contributed by atoms with E-state index in [4.69, 9.17) is 0 Å². The number of piperidine rings is 1. The number of aliphatic hydroxyl groups excluding tert-OH is 1. The molecule has 5 N–H and O–H groups in total. The summed E-state index contributed by atoms with van der Waals surface area (Å²) < 4.78 is 0. The maximum absolute atomic E-state index is 10.9. The molecular weight excluding hydrogens is 298 g/mol.